The molecule has 0 saturated carbocycles. The van der Waals surface area contributed by atoms with E-state index in [4.69, 9.17) is 5.73 Å². The lowest BCUT2D eigenvalue weighted by Gasteiger charge is -2.10. The van der Waals surface area contributed by atoms with Gasteiger partial charge in [-0.25, -0.2) is 0 Å². The minimum Gasteiger partial charge on any atom is -0.398 e. The van der Waals surface area contributed by atoms with Gasteiger partial charge in [-0.2, -0.15) is 0 Å². The number of nitrogen functional groups attached to an aromatic ring is 1. The maximum Gasteiger partial charge on any atom is 0.0489 e. The molecule has 0 fully saturated rings. The summed E-state index contributed by atoms with van der Waals surface area (Å²) >= 11 is 3.45. The molecule has 5 heteroatoms. The summed E-state index contributed by atoms with van der Waals surface area (Å²) in [4.78, 5) is 0. The highest BCUT2D eigenvalue weighted by atomic mass is 79.9. The minimum atomic E-state index is -0.719. The third-order valence-electron chi connectivity index (χ3n) is 2.32. The van der Waals surface area contributed by atoms with Crippen molar-refractivity contribution in [1.29, 1.82) is 0 Å². The predicted molar refractivity (Wildman–Crippen MR) is 75.3 cm³/mol. The van der Waals surface area contributed by atoms with Crippen LogP contribution in [0.25, 0.3) is 0 Å². The molecule has 0 saturated heterocycles. The standard InChI is InChI=1S/C11H17BrN2OS/c1-3-16(15)5-4-14-11-6-8(2)10(13)7-9(11)12/h6-7,14H,3-5,13H2,1-2H3. The highest BCUT2D eigenvalue weighted by molar-refractivity contribution is 9.10. The summed E-state index contributed by atoms with van der Waals surface area (Å²) in [6.45, 7) is 4.61. The fraction of sp³-hybridized carbons (Fsp3) is 0.455. The summed E-state index contributed by atoms with van der Waals surface area (Å²) < 4.78 is 12.2. The second-order valence-electron chi connectivity index (χ2n) is 3.55. The number of nitrogens with one attached hydrogen (secondary N) is 1. The van der Waals surface area contributed by atoms with Crippen molar-refractivity contribution >= 4 is 38.1 Å². The second-order valence-corrected chi connectivity index (χ2v) is 6.27. The Morgan fingerprint density at radius 3 is 2.81 bits per heavy atom. The van der Waals surface area contributed by atoms with E-state index in [1.165, 1.54) is 0 Å². The van der Waals surface area contributed by atoms with E-state index in [1.807, 2.05) is 26.0 Å². The van der Waals surface area contributed by atoms with E-state index in [9.17, 15) is 4.21 Å². The van der Waals surface area contributed by atoms with Crippen LogP contribution in [0.3, 0.4) is 0 Å². The van der Waals surface area contributed by atoms with Crippen LogP contribution in [-0.2, 0) is 10.8 Å². The lowest BCUT2D eigenvalue weighted by Crippen LogP contribution is -2.12. The molecule has 0 heterocycles. The van der Waals surface area contributed by atoms with Crippen LogP contribution in [0.4, 0.5) is 11.4 Å². The van der Waals surface area contributed by atoms with Gasteiger partial charge in [0.2, 0.25) is 0 Å². The summed E-state index contributed by atoms with van der Waals surface area (Å²) in [6.07, 6.45) is 0. The first-order valence-corrected chi connectivity index (χ1v) is 7.47. The number of aryl methyl sites for hydroxylation is 1. The van der Waals surface area contributed by atoms with Gasteiger partial charge in [-0.1, -0.05) is 6.92 Å². The zero-order valence-corrected chi connectivity index (χ0v) is 12.0. The Labute approximate surface area is 107 Å². The number of rotatable bonds is 5. The summed E-state index contributed by atoms with van der Waals surface area (Å²) in [7, 11) is -0.719. The highest BCUT2D eigenvalue weighted by Gasteiger charge is 2.03. The van der Waals surface area contributed by atoms with Crippen LogP contribution in [0.2, 0.25) is 0 Å². The van der Waals surface area contributed by atoms with E-state index in [1.54, 1.807) is 0 Å². The van der Waals surface area contributed by atoms with E-state index in [0.717, 1.165) is 21.4 Å². The normalized spacial score (nSPS) is 12.4. The van der Waals surface area contributed by atoms with Gasteiger partial charge in [0.05, 0.1) is 0 Å². The molecule has 0 aliphatic heterocycles. The molecule has 90 valence electrons. The molecule has 3 N–H and O–H groups in total. The van der Waals surface area contributed by atoms with Gasteiger partial charge in [-0.05, 0) is 40.5 Å². The molecule has 16 heavy (non-hydrogen) atoms. The molecule has 0 aromatic heterocycles. The number of hydrogen-bond acceptors (Lipinski definition) is 3. The van der Waals surface area contributed by atoms with Crippen molar-refractivity contribution < 1.29 is 4.21 Å². The Morgan fingerprint density at radius 1 is 1.50 bits per heavy atom. The molecule has 0 radical (unpaired) electrons. The largest absolute Gasteiger partial charge is 0.398 e. The third kappa shape index (κ3) is 3.79. The lowest BCUT2D eigenvalue weighted by molar-refractivity contribution is 0.684. The van der Waals surface area contributed by atoms with Crippen LogP contribution >= 0.6 is 15.9 Å². The van der Waals surface area contributed by atoms with Crippen LogP contribution in [-0.4, -0.2) is 22.3 Å². The van der Waals surface area contributed by atoms with Crippen molar-refractivity contribution in [3.05, 3.63) is 22.2 Å². The zero-order chi connectivity index (χ0) is 12.1. The first-order chi connectivity index (χ1) is 7.54. The van der Waals surface area contributed by atoms with Gasteiger partial charge in [0.25, 0.3) is 0 Å². The first kappa shape index (κ1) is 13.5. The molecule has 0 aliphatic carbocycles. The summed E-state index contributed by atoms with van der Waals surface area (Å²) in [5.41, 5.74) is 8.60. The fourth-order valence-corrected chi connectivity index (χ4v) is 2.40. The number of benzene rings is 1. The SMILES string of the molecule is CCS(=O)CCNc1cc(C)c(N)cc1Br. The topological polar surface area (TPSA) is 55.1 Å². The number of hydrogen-bond donors (Lipinski definition) is 2. The van der Waals surface area contributed by atoms with E-state index < -0.39 is 10.8 Å². The van der Waals surface area contributed by atoms with Gasteiger partial charge in [0.15, 0.2) is 0 Å². The maximum atomic E-state index is 11.2. The molecule has 1 aromatic carbocycles. The molecule has 1 atom stereocenters. The smallest absolute Gasteiger partial charge is 0.0489 e. The zero-order valence-electron chi connectivity index (χ0n) is 9.55. The minimum absolute atomic E-state index is 0.673. The summed E-state index contributed by atoms with van der Waals surface area (Å²) in [6, 6.07) is 3.88. The molecule has 3 nitrogen and oxygen atoms in total. The van der Waals surface area contributed by atoms with Crippen molar-refractivity contribution in [2.75, 3.05) is 29.1 Å². The van der Waals surface area contributed by atoms with Crippen molar-refractivity contribution in [1.82, 2.24) is 0 Å². The first-order valence-electron chi connectivity index (χ1n) is 5.19. The number of halogens is 1. The molecular formula is C11H17BrN2OS. The molecule has 1 aromatic rings. The molecular weight excluding hydrogens is 288 g/mol. The molecule has 1 rings (SSSR count). The molecule has 0 bridgehead atoms. The van der Waals surface area contributed by atoms with Crippen LogP contribution in [0.15, 0.2) is 16.6 Å². The van der Waals surface area contributed by atoms with Crippen molar-refractivity contribution in [3.63, 3.8) is 0 Å². The van der Waals surface area contributed by atoms with Gasteiger partial charge in [-0.3, -0.25) is 4.21 Å². The molecule has 0 aliphatic rings. The van der Waals surface area contributed by atoms with Crippen LogP contribution < -0.4 is 11.1 Å². The Hall–Kier alpha value is -0.550. The van der Waals surface area contributed by atoms with E-state index >= 15 is 0 Å². The van der Waals surface area contributed by atoms with Crippen LogP contribution in [0.1, 0.15) is 12.5 Å². The predicted octanol–water partition coefficient (Wildman–Crippen LogP) is 2.52. The lowest BCUT2D eigenvalue weighted by atomic mass is 10.2. The van der Waals surface area contributed by atoms with Gasteiger partial charge >= 0.3 is 0 Å². The van der Waals surface area contributed by atoms with E-state index in [2.05, 4.69) is 21.2 Å². The van der Waals surface area contributed by atoms with Gasteiger partial charge in [-0.15, -0.1) is 0 Å². The quantitative estimate of drug-likeness (QED) is 0.822. The van der Waals surface area contributed by atoms with Crippen molar-refractivity contribution in [3.8, 4) is 0 Å². The third-order valence-corrected chi connectivity index (χ3v) is 4.28. The average Bonchev–Trinajstić information content (AvgIpc) is 2.25. The maximum absolute atomic E-state index is 11.2. The van der Waals surface area contributed by atoms with Gasteiger partial charge in [0, 0.05) is 44.7 Å². The van der Waals surface area contributed by atoms with Crippen molar-refractivity contribution in [2.45, 2.75) is 13.8 Å². The molecule has 1 unspecified atom stereocenters. The van der Waals surface area contributed by atoms with E-state index in [0.29, 0.717) is 18.1 Å². The Morgan fingerprint density at radius 2 is 2.19 bits per heavy atom. The van der Waals surface area contributed by atoms with E-state index in [-0.39, 0.29) is 0 Å². The van der Waals surface area contributed by atoms with Gasteiger partial charge in [0.1, 0.15) is 0 Å². The van der Waals surface area contributed by atoms with Gasteiger partial charge < -0.3 is 11.1 Å². The Bertz CT molecular complexity index is 396. The van der Waals surface area contributed by atoms with Crippen molar-refractivity contribution in [2.24, 2.45) is 0 Å². The monoisotopic (exact) mass is 304 g/mol. The summed E-state index contributed by atoms with van der Waals surface area (Å²) in [5.74, 6) is 1.38. The highest BCUT2D eigenvalue weighted by Crippen LogP contribution is 2.27. The number of anilines is 2. The fourth-order valence-electron chi connectivity index (χ4n) is 1.28. The Balaban J connectivity index is 2.60. The Kier molecular flexibility index (Phi) is 5.28. The van der Waals surface area contributed by atoms with Crippen LogP contribution in [0.5, 0.6) is 0 Å². The number of nitrogens with two attached hydrogens (primary N) is 1. The average molecular weight is 305 g/mol. The van der Waals surface area contributed by atoms with Crippen LogP contribution in [0, 0.1) is 6.92 Å². The molecule has 0 spiro atoms. The second kappa shape index (κ2) is 6.25. The summed E-state index contributed by atoms with van der Waals surface area (Å²) in [5, 5.41) is 3.25. The molecule has 0 amide bonds.